The van der Waals surface area contributed by atoms with E-state index in [1.165, 1.54) is 5.56 Å². The van der Waals surface area contributed by atoms with E-state index in [2.05, 4.69) is 32.0 Å². The zero-order chi connectivity index (χ0) is 22.6. The van der Waals surface area contributed by atoms with Gasteiger partial charge in [0.15, 0.2) is 5.89 Å². The Morgan fingerprint density at radius 2 is 1.94 bits per heavy atom. The van der Waals surface area contributed by atoms with Gasteiger partial charge in [-0.15, -0.1) is 0 Å². The number of aryl methyl sites for hydroxylation is 1. The number of hydrogen-bond donors (Lipinski definition) is 0. The first kappa shape index (κ1) is 21.6. The van der Waals surface area contributed by atoms with Gasteiger partial charge in [-0.25, -0.2) is 15.0 Å². The van der Waals surface area contributed by atoms with Crippen molar-refractivity contribution in [2.75, 3.05) is 44.3 Å². The maximum absolute atomic E-state index is 13.4. The first-order valence-corrected chi connectivity index (χ1v) is 11.6. The number of hydrogen-bond acceptors (Lipinski definition) is 7. The van der Waals surface area contributed by atoms with Crippen LogP contribution in [0.1, 0.15) is 52.2 Å². The largest absolute Gasteiger partial charge is 0.445 e. The van der Waals surface area contributed by atoms with E-state index in [1.54, 1.807) is 6.07 Å². The minimum atomic E-state index is -0.0595. The minimum Gasteiger partial charge on any atom is -0.445 e. The number of likely N-dealkylation sites (tertiary alicyclic amines) is 1. The first-order chi connectivity index (χ1) is 16.2. The molecule has 0 saturated carbocycles. The molecule has 0 radical (unpaired) electrons. The van der Waals surface area contributed by atoms with Gasteiger partial charge in [-0.2, -0.15) is 0 Å². The van der Waals surface area contributed by atoms with Gasteiger partial charge >= 0.3 is 0 Å². The lowest BCUT2D eigenvalue weighted by Gasteiger charge is -2.31. The Labute approximate surface area is 193 Å². The number of ether oxygens (including phenoxy) is 1. The highest BCUT2D eigenvalue weighted by atomic mass is 16.5. The number of piperidine rings is 1. The molecule has 2 aliphatic rings. The Morgan fingerprint density at radius 1 is 1.12 bits per heavy atom. The number of morpholine rings is 1. The van der Waals surface area contributed by atoms with Crippen molar-refractivity contribution in [2.45, 2.75) is 32.1 Å². The smallest absolute Gasteiger partial charge is 0.272 e. The monoisotopic (exact) mass is 447 g/mol. The summed E-state index contributed by atoms with van der Waals surface area (Å²) in [5.74, 6) is 2.20. The molecule has 1 aromatic carbocycles. The molecule has 2 aromatic heterocycles. The molecule has 172 valence electrons. The Bertz CT molecular complexity index is 1090. The maximum Gasteiger partial charge on any atom is 0.272 e. The Morgan fingerprint density at radius 3 is 2.76 bits per heavy atom. The van der Waals surface area contributed by atoms with Crippen LogP contribution < -0.4 is 4.90 Å². The zero-order valence-corrected chi connectivity index (χ0v) is 18.9. The van der Waals surface area contributed by atoms with Gasteiger partial charge in [0.1, 0.15) is 11.5 Å². The summed E-state index contributed by atoms with van der Waals surface area (Å²) in [7, 11) is 0. The summed E-state index contributed by atoms with van der Waals surface area (Å²) in [6.45, 7) is 5.97. The number of nitrogens with zero attached hydrogens (tertiary/aromatic N) is 5. The van der Waals surface area contributed by atoms with Crippen molar-refractivity contribution in [1.82, 2.24) is 19.9 Å². The van der Waals surface area contributed by atoms with Gasteiger partial charge in [0.2, 0.25) is 5.95 Å². The average Bonchev–Trinajstić information content (AvgIpc) is 3.33. The summed E-state index contributed by atoms with van der Waals surface area (Å²) in [5, 5.41) is 0. The van der Waals surface area contributed by atoms with Crippen LogP contribution in [0.3, 0.4) is 0 Å². The first-order valence-electron chi connectivity index (χ1n) is 11.6. The van der Waals surface area contributed by atoms with E-state index in [9.17, 15) is 4.79 Å². The third-order valence-electron chi connectivity index (χ3n) is 6.21. The van der Waals surface area contributed by atoms with Crippen LogP contribution in [0.25, 0.3) is 0 Å². The average molecular weight is 448 g/mol. The van der Waals surface area contributed by atoms with Crippen molar-refractivity contribution in [3.63, 3.8) is 0 Å². The van der Waals surface area contributed by atoms with Crippen LogP contribution >= 0.6 is 0 Å². The number of amides is 1. The molecule has 3 aromatic rings. The van der Waals surface area contributed by atoms with Crippen LogP contribution in [-0.4, -0.2) is 65.2 Å². The summed E-state index contributed by atoms with van der Waals surface area (Å²) >= 11 is 0. The van der Waals surface area contributed by atoms with Gasteiger partial charge in [0.25, 0.3) is 5.91 Å². The van der Waals surface area contributed by atoms with E-state index in [1.807, 2.05) is 36.2 Å². The number of carbonyl (C=O) groups excluding carboxylic acids is 1. The standard InChI is InChI=1S/C25H29N5O3/c1-18-14-22(28-25(27-18)29-10-12-32-13-11-29)24(31)30-9-5-8-20(17-30)23-26-16-21(33-23)15-19-6-3-2-4-7-19/h2-4,6-7,14,16,20H,5,8-13,15,17H2,1H3/t20-/m1/s1. The van der Waals surface area contributed by atoms with Gasteiger partial charge < -0.3 is 19.0 Å². The van der Waals surface area contributed by atoms with E-state index < -0.39 is 0 Å². The molecule has 33 heavy (non-hydrogen) atoms. The van der Waals surface area contributed by atoms with E-state index in [0.29, 0.717) is 50.3 Å². The van der Waals surface area contributed by atoms with Gasteiger partial charge in [0, 0.05) is 38.3 Å². The van der Waals surface area contributed by atoms with Crippen molar-refractivity contribution in [2.24, 2.45) is 0 Å². The lowest BCUT2D eigenvalue weighted by Crippen LogP contribution is -2.40. The maximum atomic E-state index is 13.4. The molecule has 4 heterocycles. The van der Waals surface area contributed by atoms with Gasteiger partial charge in [-0.3, -0.25) is 4.79 Å². The molecule has 2 aliphatic heterocycles. The third-order valence-corrected chi connectivity index (χ3v) is 6.21. The highest BCUT2D eigenvalue weighted by Gasteiger charge is 2.29. The third kappa shape index (κ3) is 5.06. The highest BCUT2D eigenvalue weighted by molar-refractivity contribution is 5.92. The predicted octanol–water partition coefficient (Wildman–Crippen LogP) is 3.22. The number of carbonyl (C=O) groups is 1. The minimum absolute atomic E-state index is 0.0595. The van der Waals surface area contributed by atoms with Crippen molar-refractivity contribution in [1.29, 1.82) is 0 Å². The van der Waals surface area contributed by atoms with E-state index >= 15 is 0 Å². The molecule has 8 heteroatoms. The number of rotatable bonds is 5. The number of benzene rings is 1. The normalized spacial score (nSPS) is 19.0. The Hall–Kier alpha value is -3.26. The molecule has 8 nitrogen and oxygen atoms in total. The molecule has 0 unspecified atom stereocenters. The van der Waals surface area contributed by atoms with Gasteiger partial charge in [-0.1, -0.05) is 30.3 Å². The second kappa shape index (κ2) is 9.70. The summed E-state index contributed by atoms with van der Waals surface area (Å²) in [5.41, 5.74) is 2.43. The van der Waals surface area contributed by atoms with Crippen molar-refractivity contribution in [3.8, 4) is 0 Å². The fraction of sp³-hybridized carbons (Fsp3) is 0.440. The second-order valence-corrected chi connectivity index (χ2v) is 8.71. The van der Waals surface area contributed by atoms with Crippen LogP contribution in [0.5, 0.6) is 0 Å². The van der Waals surface area contributed by atoms with E-state index in [0.717, 1.165) is 37.4 Å². The van der Waals surface area contributed by atoms with Crippen LogP contribution in [-0.2, 0) is 11.2 Å². The summed E-state index contributed by atoms with van der Waals surface area (Å²) < 4.78 is 11.5. The summed E-state index contributed by atoms with van der Waals surface area (Å²) in [6.07, 6.45) is 4.39. The molecule has 0 spiro atoms. The molecule has 0 aliphatic carbocycles. The zero-order valence-electron chi connectivity index (χ0n) is 18.9. The number of oxazole rings is 1. The van der Waals surface area contributed by atoms with Gasteiger partial charge in [0.05, 0.1) is 25.3 Å². The van der Waals surface area contributed by atoms with Crippen molar-refractivity contribution in [3.05, 3.63) is 71.2 Å². The lowest BCUT2D eigenvalue weighted by molar-refractivity contribution is 0.0691. The lowest BCUT2D eigenvalue weighted by atomic mass is 9.97. The van der Waals surface area contributed by atoms with E-state index in [-0.39, 0.29) is 11.8 Å². The molecule has 0 N–H and O–H groups in total. The van der Waals surface area contributed by atoms with Crippen molar-refractivity contribution >= 4 is 11.9 Å². The number of anilines is 1. The Balaban J connectivity index is 1.28. The summed E-state index contributed by atoms with van der Waals surface area (Å²) in [6, 6.07) is 12.0. The molecule has 2 fully saturated rings. The molecule has 0 bridgehead atoms. The molecular formula is C25H29N5O3. The fourth-order valence-electron chi connectivity index (χ4n) is 4.48. The molecule has 2 saturated heterocycles. The Kier molecular flexibility index (Phi) is 6.35. The van der Waals surface area contributed by atoms with Crippen molar-refractivity contribution < 1.29 is 13.9 Å². The second-order valence-electron chi connectivity index (χ2n) is 8.71. The fourth-order valence-corrected chi connectivity index (χ4v) is 4.48. The van der Waals surface area contributed by atoms with Crippen LogP contribution in [0.2, 0.25) is 0 Å². The molecule has 5 rings (SSSR count). The number of aromatic nitrogens is 3. The van der Waals surface area contributed by atoms with Gasteiger partial charge in [-0.05, 0) is 31.4 Å². The topological polar surface area (TPSA) is 84.6 Å². The molecule has 1 atom stereocenters. The van der Waals surface area contributed by atoms with E-state index in [4.69, 9.17) is 9.15 Å². The summed E-state index contributed by atoms with van der Waals surface area (Å²) in [4.78, 5) is 31.0. The van der Waals surface area contributed by atoms with Crippen LogP contribution in [0.4, 0.5) is 5.95 Å². The van der Waals surface area contributed by atoms with Crippen LogP contribution in [0.15, 0.2) is 47.0 Å². The highest BCUT2D eigenvalue weighted by Crippen LogP contribution is 2.28. The molecular weight excluding hydrogens is 418 g/mol. The predicted molar refractivity (Wildman–Crippen MR) is 123 cm³/mol. The molecule has 1 amide bonds. The quantitative estimate of drug-likeness (QED) is 0.594. The van der Waals surface area contributed by atoms with Crippen LogP contribution in [0, 0.1) is 6.92 Å². The SMILES string of the molecule is Cc1cc(C(=O)N2CCC[C@@H](c3ncc(Cc4ccccc4)o3)C2)nc(N2CCOCC2)n1.